The lowest BCUT2D eigenvalue weighted by atomic mass is 10.2. The van der Waals surface area contributed by atoms with Crippen molar-refractivity contribution in [2.45, 2.75) is 18.9 Å². The van der Waals surface area contributed by atoms with E-state index in [9.17, 15) is 9.59 Å². The van der Waals surface area contributed by atoms with Crippen LogP contribution in [0.4, 0.5) is 0 Å². The fourth-order valence-electron chi connectivity index (χ4n) is 1.77. The summed E-state index contributed by atoms with van der Waals surface area (Å²) in [5.74, 6) is -0.288. The minimum atomic E-state index is -0.492. The summed E-state index contributed by atoms with van der Waals surface area (Å²) in [5.41, 5.74) is 0. The first-order valence-electron chi connectivity index (χ1n) is 5.79. The van der Waals surface area contributed by atoms with Gasteiger partial charge in [-0.3, -0.25) is 9.69 Å². The molecule has 0 aromatic rings. The van der Waals surface area contributed by atoms with Crippen molar-refractivity contribution in [2.24, 2.45) is 0 Å². The van der Waals surface area contributed by atoms with E-state index in [2.05, 4.69) is 15.0 Å². The Morgan fingerprint density at radius 1 is 1.53 bits per heavy atom. The highest BCUT2D eigenvalue weighted by Gasteiger charge is 2.26. The molecule has 0 radical (unpaired) electrons. The standard InChI is InChI=1S/C11H20N2O4/c1-12-10(14)4-3-5-13-6-7-17-9(8-13)11(15)16-2/h9H,3-8H2,1-2H3,(H,12,14). The van der Waals surface area contributed by atoms with Crippen LogP contribution in [-0.2, 0) is 19.1 Å². The van der Waals surface area contributed by atoms with Crippen molar-refractivity contribution >= 4 is 11.9 Å². The van der Waals surface area contributed by atoms with Gasteiger partial charge in [0.15, 0.2) is 6.10 Å². The van der Waals surface area contributed by atoms with Crippen LogP contribution in [0.2, 0.25) is 0 Å². The Balaban J connectivity index is 2.25. The molecule has 6 nitrogen and oxygen atoms in total. The number of nitrogens with one attached hydrogen (secondary N) is 1. The molecule has 1 aliphatic rings. The summed E-state index contributed by atoms with van der Waals surface area (Å²) < 4.78 is 9.96. The SMILES string of the molecule is CNC(=O)CCCN1CCOC(C(=O)OC)C1. The van der Waals surface area contributed by atoms with E-state index in [1.54, 1.807) is 7.05 Å². The van der Waals surface area contributed by atoms with Gasteiger partial charge in [-0.2, -0.15) is 0 Å². The number of ether oxygens (including phenoxy) is 2. The Morgan fingerprint density at radius 2 is 2.29 bits per heavy atom. The van der Waals surface area contributed by atoms with Crippen LogP contribution in [0.15, 0.2) is 0 Å². The van der Waals surface area contributed by atoms with E-state index in [-0.39, 0.29) is 11.9 Å². The van der Waals surface area contributed by atoms with Crippen LogP contribution in [-0.4, -0.2) is 63.3 Å². The second kappa shape index (κ2) is 7.24. The normalized spacial score (nSPS) is 20.9. The molecule has 1 heterocycles. The van der Waals surface area contributed by atoms with Crippen LogP contribution < -0.4 is 5.32 Å². The molecular weight excluding hydrogens is 224 g/mol. The van der Waals surface area contributed by atoms with Crippen molar-refractivity contribution in [2.75, 3.05) is 40.4 Å². The van der Waals surface area contributed by atoms with E-state index >= 15 is 0 Å². The second-order valence-electron chi connectivity index (χ2n) is 3.96. The topological polar surface area (TPSA) is 67.9 Å². The molecule has 0 bridgehead atoms. The number of nitrogens with zero attached hydrogens (tertiary/aromatic N) is 1. The summed E-state index contributed by atoms with van der Waals surface area (Å²) >= 11 is 0. The minimum absolute atomic E-state index is 0.0442. The van der Waals surface area contributed by atoms with E-state index in [1.807, 2.05) is 0 Å². The summed E-state index contributed by atoms with van der Waals surface area (Å²) in [4.78, 5) is 24.5. The third kappa shape index (κ3) is 4.70. The van der Waals surface area contributed by atoms with Gasteiger partial charge < -0.3 is 14.8 Å². The van der Waals surface area contributed by atoms with Crippen LogP contribution in [0.5, 0.6) is 0 Å². The zero-order valence-electron chi connectivity index (χ0n) is 10.4. The molecule has 0 saturated carbocycles. The molecule has 1 unspecified atom stereocenters. The van der Waals surface area contributed by atoms with Crippen molar-refractivity contribution in [1.29, 1.82) is 0 Å². The highest BCUT2D eigenvalue weighted by molar-refractivity contribution is 5.75. The molecule has 0 spiro atoms. The van der Waals surface area contributed by atoms with Gasteiger partial charge in [-0.1, -0.05) is 0 Å². The molecule has 1 fully saturated rings. The number of carbonyl (C=O) groups excluding carboxylic acids is 2. The molecule has 1 atom stereocenters. The van der Waals surface area contributed by atoms with Gasteiger partial charge >= 0.3 is 5.97 Å². The first-order chi connectivity index (χ1) is 8.17. The number of amides is 1. The van der Waals surface area contributed by atoms with Gasteiger partial charge in [-0.25, -0.2) is 4.79 Å². The Hall–Kier alpha value is -1.14. The van der Waals surface area contributed by atoms with Crippen molar-refractivity contribution in [1.82, 2.24) is 10.2 Å². The van der Waals surface area contributed by atoms with E-state index in [1.165, 1.54) is 7.11 Å². The van der Waals surface area contributed by atoms with Gasteiger partial charge in [0.05, 0.1) is 13.7 Å². The Bertz CT molecular complexity index is 270. The molecule has 0 aromatic heterocycles. The van der Waals surface area contributed by atoms with E-state index in [0.717, 1.165) is 19.5 Å². The number of hydrogen-bond acceptors (Lipinski definition) is 5. The molecule has 0 aromatic carbocycles. The highest BCUT2D eigenvalue weighted by Crippen LogP contribution is 2.07. The largest absolute Gasteiger partial charge is 0.467 e. The number of morpholine rings is 1. The molecule has 98 valence electrons. The lowest BCUT2D eigenvalue weighted by molar-refractivity contribution is -0.159. The average Bonchev–Trinajstić information content (AvgIpc) is 2.38. The number of carbonyl (C=O) groups is 2. The zero-order valence-corrected chi connectivity index (χ0v) is 10.4. The monoisotopic (exact) mass is 244 g/mol. The molecule has 17 heavy (non-hydrogen) atoms. The summed E-state index contributed by atoms with van der Waals surface area (Å²) in [6, 6.07) is 0. The maximum absolute atomic E-state index is 11.3. The predicted octanol–water partition coefficient (Wildman–Crippen LogP) is -0.614. The molecule has 1 N–H and O–H groups in total. The first kappa shape index (κ1) is 13.9. The quantitative estimate of drug-likeness (QED) is 0.653. The van der Waals surface area contributed by atoms with Crippen molar-refractivity contribution < 1.29 is 19.1 Å². The Morgan fingerprint density at radius 3 is 2.94 bits per heavy atom. The van der Waals surface area contributed by atoms with Crippen LogP contribution in [0.3, 0.4) is 0 Å². The lowest BCUT2D eigenvalue weighted by Crippen LogP contribution is -2.46. The van der Waals surface area contributed by atoms with Gasteiger partial charge in [0, 0.05) is 26.6 Å². The second-order valence-corrected chi connectivity index (χ2v) is 3.96. The predicted molar refractivity (Wildman–Crippen MR) is 61.5 cm³/mol. The number of methoxy groups -OCH3 is 1. The van der Waals surface area contributed by atoms with Gasteiger partial charge in [-0.05, 0) is 13.0 Å². The van der Waals surface area contributed by atoms with Gasteiger partial charge in [0.1, 0.15) is 0 Å². The fourth-order valence-corrected chi connectivity index (χ4v) is 1.77. The smallest absolute Gasteiger partial charge is 0.336 e. The lowest BCUT2D eigenvalue weighted by Gasteiger charge is -2.31. The van der Waals surface area contributed by atoms with Crippen LogP contribution in [0.25, 0.3) is 0 Å². The average molecular weight is 244 g/mol. The van der Waals surface area contributed by atoms with Gasteiger partial charge in [-0.15, -0.1) is 0 Å². The molecule has 6 heteroatoms. The maximum Gasteiger partial charge on any atom is 0.336 e. The molecular formula is C11H20N2O4. The number of esters is 1. The summed E-state index contributed by atoms with van der Waals surface area (Å²) in [6.45, 7) is 2.66. The third-order valence-electron chi connectivity index (χ3n) is 2.77. The Labute approximate surface area is 101 Å². The minimum Gasteiger partial charge on any atom is -0.467 e. The van der Waals surface area contributed by atoms with Crippen LogP contribution in [0, 0.1) is 0 Å². The number of hydrogen-bond donors (Lipinski definition) is 1. The molecule has 1 aliphatic heterocycles. The molecule has 1 rings (SSSR count). The maximum atomic E-state index is 11.3. The van der Waals surface area contributed by atoms with E-state index < -0.39 is 6.10 Å². The molecule has 1 saturated heterocycles. The number of rotatable bonds is 5. The van der Waals surface area contributed by atoms with E-state index in [0.29, 0.717) is 19.6 Å². The fraction of sp³-hybridized carbons (Fsp3) is 0.818. The van der Waals surface area contributed by atoms with Crippen LogP contribution in [0.1, 0.15) is 12.8 Å². The summed E-state index contributed by atoms with van der Waals surface area (Å²) in [5, 5.41) is 2.58. The van der Waals surface area contributed by atoms with Crippen molar-refractivity contribution in [3.05, 3.63) is 0 Å². The third-order valence-corrected chi connectivity index (χ3v) is 2.77. The Kier molecular flexibility index (Phi) is 5.93. The van der Waals surface area contributed by atoms with Crippen molar-refractivity contribution in [3.63, 3.8) is 0 Å². The first-order valence-corrected chi connectivity index (χ1v) is 5.79. The highest BCUT2D eigenvalue weighted by atomic mass is 16.6. The van der Waals surface area contributed by atoms with E-state index in [4.69, 9.17) is 4.74 Å². The summed E-state index contributed by atoms with van der Waals surface area (Å²) in [7, 11) is 2.99. The summed E-state index contributed by atoms with van der Waals surface area (Å²) in [6.07, 6.45) is 0.804. The van der Waals surface area contributed by atoms with Crippen LogP contribution >= 0.6 is 0 Å². The zero-order chi connectivity index (χ0) is 12.7. The van der Waals surface area contributed by atoms with Gasteiger partial charge in [0.2, 0.25) is 5.91 Å². The molecule has 1 amide bonds. The van der Waals surface area contributed by atoms with Crippen molar-refractivity contribution in [3.8, 4) is 0 Å². The van der Waals surface area contributed by atoms with Gasteiger partial charge in [0.25, 0.3) is 0 Å². The molecule has 0 aliphatic carbocycles.